The SMILES string of the molecule is CC1CC(N=O)CC(Cc2ccccc2)O1. The van der Waals surface area contributed by atoms with Crippen LogP contribution in [0.2, 0.25) is 0 Å². The molecule has 0 saturated carbocycles. The summed E-state index contributed by atoms with van der Waals surface area (Å²) in [6.07, 6.45) is 2.66. The van der Waals surface area contributed by atoms with Crippen LogP contribution in [0.5, 0.6) is 0 Å². The fraction of sp³-hybridized carbons (Fsp3) is 0.538. The van der Waals surface area contributed by atoms with Crippen molar-refractivity contribution in [3.05, 3.63) is 40.8 Å². The van der Waals surface area contributed by atoms with Crippen LogP contribution in [0.1, 0.15) is 25.3 Å². The van der Waals surface area contributed by atoms with Gasteiger partial charge in [-0.15, -0.1) is 0 Å². The van der Waals surface area contributed by atoms with Crippen molar-refractivity contribution in [2.24, 2.45) is 5.18 Å². The molecule has 1 aromatic carbocycles. The summed E-state index contributed by atoms with van der Waals surface area (Å²) in [6.45, 7) is 2.01. The molecule has 1 aromatic rings. The van der Waals surface area contributed by atoms with Crippen molar-refractivity contribution in [1.29, 1.82) is 0 Å². The molecule has 3 heteroatoms. The lowest BCUT2D eigenvalue weighted by atomic mass is 9.95. The molecule has 0 aliphatic carbocycles. The molecule has 2 rings (SSSR count). The summed E-state index contributed by atoms with van der Waals surface area (Å²) in [5, 5.41) is 3.16. The Labute approximate surface area is 95.8 Å². The van der Waals surface area contributed by atoms with E-state index in [0.717, 1.165) is 19.3 Å². The minimum Gasteiger partial charge on any atom is -0.375 e. The molecule has 3 nitrogen and oxygen atoms in total. The summed E-state index contributed by atoms with van der Waals surface area (Å²) in [4.78, 5) is 10.6. The standard InChI is InChI=1S/C13H17NO2/c1-10-7-12(14-15)9-13(16-10)8-11-5-3-2-4-6-11/h2-6,10,12-13H,7-9H2,1H3. The average molecular weight is 219 g/mol. The van der Waals surface area contributed by atoms with Crippen molar-refractivity contribution < 1.29 is 4.74 Å². The molecule has 0 aromatic heterocycles. The van der Waals surface area contributed by atoms with Gasteiger partial charge in [-0.3, -0.25) is 0 Å². The van der Waals surface area contributed by atoms with Gasteiger partial charge in [0.2, 0.25) is 0 Å². The summed E-state index contributed by atoms with van der Waals surface area (Å²) in [6, 6.07) is 10.2. The largest absolute Gasteiger partial charge is 0.375 e. The molecule has 0 bridgehead atoms. The predicted molar refractivity (Wildman–Crippen MR) is 63.3 cm³/mol. The first-order valence-corrected chi connectivity index (χ1v) is 5.80. The first-order chi connectivity index (χ1) is 7.78. The van der Waals surface area contributed by atoms with Gasteiger partial charge in [-0.25, -0.2) is 0 Å². The Kier molecular flexibility index (Phi) is 3.67. The van der Waals surface area contributed by atoms with Crippen molar-refractivity contribution in [2.75, 3.05) is 0 Å². The zero-order valence-electron chi connectivity index (χ0n) is 9.50. The van der Waals surface area contributed by atoms with E-state index in [0.29, 0.717) is 0 Å². The summed E-state index contributed by atoms with van der Waals surface area (Å²) in [7, 11) is 0. The van der Waals surface area contributed by atoms with Crippen molar-refractivity contribution in [3.63, 3.8) is 0 Å². The molecule has 0 radical (unpaired) electrons. The lowest BCUT2D eigenvalue weighted by molar-refractivity contribution is -0.0457. The lowest BCUT2D eigenvalue weighted by Gasteiger charge is -2.30. The summed E-state index contributed by atoms with van der Waals surface area (Å²) in [5.41, 5.74) is 1.26. The maximum atomic E-state index is 10.6. The Balaban J connectivity index is 1.97. The van der Waals surface area contributed by atoms with Gasteiger partial charge in [0.25, 0.3) is 0 Å². The van der Waals surface area contributed by atoms with Crippen molar-refractivity contribution in [1.82, 2.24) is 0 Å². The highest BCUT2D eigenvalue weighted by atomic mass is 16.5. The van der Waals surface area contributed by atoms with E-state index in [9.17, 15) is 4.91 Å². The number of hydrogen-bond acceptors (Lipinski definition) is 3. The maximum Gasteiger partial charge on any atom is 0.0969 e. The van der Waals surface area contributed by atoms with E-state index in [2.05, 4.69) is 17.3 Å². The number of rotatable bonds is 3. The second kappa shape index (κ2) is 5.21. The predicted octanol–water partition coefficient (Wildman–Crippen LogP) is 2.93. The van der Waals surface area contributed by atoms with Gasteiger partial charge in [-0.1, -0.05) is 35.5 Å². The van der Waals surface area contributed by atoms with Gasteiger partial charge < -0.3 is 4.74 Å². The van der Waals surface area contributed by atoms with Crippen molar-refractivity contribution >= 4 is 0 Å². The Morgan fingerprint density at radius 1 is 1.31 bits per heavy atom. The zero-order valence-corrected chi connectivity index (χ0v) is 9.50. The highest BCUT2D eigenvalue weighted by Gasteiger charge is 2.27. The van der Waals surface area contributed by atoms with Crippen LogP contribution in [0, 0.1) is 4.91 Å². The quantitative estimate of drug-likeness (QED) is 0.733. The number of nitrogens with zero attached hydrogens (tertiary/aromatic N) is 1. The Hall–Kier alpha value is -1.22. The third kappa shape index (κ3) is 2.89. The second-order valence-corrected chi connectivity index (χ2v) is 4.49. The van der Waals surface area contributed by atoms with E-state index in [1.54, 1.807) is 0 Å². The molecule has 0 N–H and O–H groups in total. The van der Waals surface area contributed by atoms with Crippen LogP contribution in [0.25, 0.3) is 0 Å². The van der Waals surface area contributed by atoms with E-state index in [1.165, 1.54) is 5.56 Å². The molecule has 1 aliphatic heterocycles. The minimum atomic E-state index is -0.0718. The van der Waals surface area contributed by atoms with Gasteiger partial charge in [0.05, 0.1) is 18.2 Å². The molecule has 1 saturated heterocycles. The summed E-state index contributed by atoms with van der Waals surface area (Å²) >= 11 is 0. The van der Waals surface area contributed by atoms with E-state index in [4.69, 9.17) is 4.74 Å². The average Bonchev–Trinajstić information content (AvgIpc) is 2.29. The molecular weight excluding hydrogens is 202 g/mol. The first-order valence-electron chi connectivity index (χ1n) is 5.80. The highest BCUT2D eigenvalue weighted by molar-refractivity contribution is 5.15. The smallest absolute Gasteiger partial charge is 0.0969 e. The monoisotopic (exact) mass is 219 g/mol. The van der Waals surface area contributed by atoms with E-state index >= 15 is 0 Å². The van der Waals surface area contributed by atoms with E-state index in [-0.39, 0.29) is 18.2 Å². The van der Waals surface area contributed by atoms with Gasteiger partial charge >= 0.3 is 0 Å². The van der Waals surface area contributed by atoms with Gasteiger partial charge in [0.15, 0.2) is 0 Å². The lowest BCUT2D eigenvalue weighted by Crippen LogP contribution is -2.34. The normalized spacial score (nSPS) is 29.9. The van der Waals surface area contributed by atoms with Crippen LogP contribution in [-0.2, 0) is 11.2 Å². The van der Waals surface area contributed by atoms with Crippen molar-refractivity contribution in [2.45, 2.75) is 44.4 Å². The fourth-order valence-corrected chi connectivity index (χ4v) is 2.32. The van der Waals surface area contributed by atoms with Crippen LogP contribution < -0.4 is 0 Å². The molecule has 3 unspecified atom stereocenters. The molecule has 0 amide bonds. The third-order valence-electron chi connectivity index (χ3n) is 3.02. The Morgan fingerprint density at radius 2 is 2.06 bits per heavy atom. The van der Waals surface area contributed by atoms with Crippen LogP contribution in [-0.4, -0.2) is 18.2 Å². The number of nitroso groups, excluding NO2 is 1. The van der Waals surface area contributed by atoms with Crippen LogP contribution in [0.3, 0.4) is 0 Å². The van der Waals surface area contributed by atoms with Gasteiger partial charge in [0, 0.05) is 0 Å². The fourth-order valence-electron chi connectivity index (χ4n) is 2.32. The highest BCUT2D eigenvalue weighted by Crippen LogP contribution is 2.24. The maximum absolute atomic E-state index is 10.6. The van der Waals surface area contributed by atoms with Crippen LogP contribution in [0.15, 0.2) is 35.5 Å². The van der Waals surface area contributed by atoms with Crippen LogP contribution >= 0.6 is 0 Å². The van der Waals surface area contributed by atoms with Gasteiger partial charge in [0.1, 0.15) is 0 Å². The van der Waals surface area contributed by atoms with E-state index < -0.39 is 0 Å². The molecule has 16 heavy (non-hydrogen) atoms. The molecule has 1 fully saturated rings. The molecule has 86 valence electrons. The Morgan fingerprint density at radius 3 is 2.75 bits per heavy atom. The summed E-state index contributed by atoms with van der Waals surface area (Å²) < 4.78 is 5.82. The molecule has 1 aliphatic rings. The van der Waals surface area contributed by atoms with Crippen LogP contribution in [0.4, 0.5) is 0 Å². The zero-order chi connectivity index (χ0) is 11.4. The summed E-state index contributed by atoms with van der Waals surface area (Å²) in [5.74, 6) is 0. The number of hydrogen-bond donors (Lipinski definition) is 0. The van der Waals surface area contributed by atoms with Gasteiger partial charge in [-0.2, -0.15) is 4.91 Å². The number of benzene rings is 1. The second-order valence-electron chi connectivity index (χ2n) is 4.49. The number of ether oxygens (including phenoxy) is 1. The topological polar surface area (TPSA) is 38.7 Å². The molecule has 3 atom stereocenters. The molecular formula is C13H17NO2. The Bertz CT molecular complexity index is 339. The van der Waals surface area contributed by atoms with Crippen molar-refractivity contribution in [3.8, 4) is 0 Å². The molecule has 1 heterocycles. The molecule has 0 spiro atoms. The first kappa shape index (κ1) is 11.3. The van der Waals surface area contributed by atoms with Gasteiger partial charge in [-0.05, 0) is 31.7 Å². The third-order valence-corrected chi connectivity index (χ3v) is 3.02. The van der Waals surface area contributed by atoms with E-state index in [1.807, 2.05) is 25.1 Å². The minimum absolute atomic E-state index is 0.0718.